The van der Waals surface area contributed by atoms with E-state index in [0.29, 0.717) is 16.7 Å². The molecule has 0 N–H and O–H groups in total. The quantitative estimate of drug-likeness (QED) is 0.554. The average Bonchev–Trinajstić information content (AvgIpc) is 3.05. The Hall–Kier alpha value is -2.31. The van der Waals surface area contributed by atoms with Gasteiger partial charge in [0.2, 0.25) is 0 Å². The summed E-state index contributed by atoms with van der Waals surface area (Å²) in [4.78, 5) is 0. The van der Waals surface area contributed by atoms with Crippen LogP contribution in [0.3, 0.4) is 0 Å². The minimum atomic E-state index is -0.407. The van der Waals surface area contributed by atoms with Gasteiger partial charge in [-0.1, -0.05) is 59.8 Å². The van der Waals surface area contributed by atoms with Gasteiger partial charge in [-0.3, -0.25) is 4.57 Å². The van der Waals surface area contributed by atoms with Crippen molar-refractivity contribution in [2.45, 2.75) is 11.8 Å². The smallest absolute Gasteiger partial charge is 0.196 e. The van der Waals surface area contributed by atoms with E-state index in [1.807, 2.05) is 41.0 Å². The highest BCUT2D eigenvalue weighted by Gasteiger charge is 2.15. The molecule has 0 bridgehead atoms. The lowest BCUT2D eigenvalue weighted by atomic mass is 10.3. The summed E-state index contributed by atoms with van der Waals surface area (Å²) in [5.74, 6) is 1.04. The number of aromatic nitrogens is 3. The zero-order valence-corrected chi connectivity index (χ0v) is 14.8. The first kappa shape index (κ1) is 17.5. The van der Waals surface area contributed by atoms with Crippen molar-refractivity contribution in [1.29, 1.82) is 0 Å². The van der Waals surface area contributed by atoms with Crippen molar-refractivity contribution in [3.05, 3.63) is 77.9 Å². The van der Waals surface area contributed by atoms with Gasteiger partial charge >= 0.3 is 0 Å². The molecule has 25 heavy (non-hydrogen) atoms. The molecule has 0 aliphatic carbocycles. The van der Waals surface area contributed by atoms with Crippen molar-refractivity contribution in [3.8, 4) is 11.4 Å². The third-order valence-corrected chi connectivity index (χ3v) is 4.37. The average molecular weight is 376 g/mol. The van der Waals surface area contributed by atoms with E-state index in [4.69, 9.17) is 16.3 Å². The fourth-order valence-electron chi connectivity index (χ4n) is 2.19. The zero-order valence-electron chi connectivity index (χ0n) is 13.2. The summed E-state index contributed by atoms with van der Waals surface area (Å²) in [5.41, 5.74) is 2.38. The van der Waals surface area contributed by atoms with Crippen molar-refractivity contribution in [2.24, 2.45) is 0 Å². The van der Waals surface area contributed by atoms with E-state index < -0.39 is 5.82 Å². The largest absolute Gasteiger partial charge is 0.483 e. The fraction of sp³-hybridized carbons (Fsp3) is 0.111. The number of hydrogen-bond acceptors (Lipinski definition) is 4. The Bertz CT molecular complexity index is 855. The van der Waals surface area contributed by atoms with Crippen molar-refractivity contribution in [3.63, 3.8) is 0 Å². The summed E-state index contributed by atoms with van der Waals surface area (Å²) < 4.78 is 21.2. The molecule has 2 aromatic carbocycles. The van der Waals surface area contributed by atoms with Crippen LogP contribution >= 0.6 is 23.4 Å². The molecule has 0 saturated heterocycles. The van der Waals surface area contributed by atoms with E-state index in [1.165, 1.54) is 23.4 Å². The lowest BCUT2D eigenvalue weighted by Crippen LogP contribution is -2.07. The van der Waals surface area contributed by atoms with Gasteiger partial charge in [0, 0.05) is 17.0 Å². The molecule has 0 aliphatic heterocycles. The third-order valence-electron chi connectivity index (χ3n) is 3.31. The summed E-state index contributed by atoms with van der Waals surface area (Å²) >= 11 is 7.07. The van der Waals surface area contributed by atoms with Crippen molar-refractivity contribution >= 4 is 23.4 Å². The van der Waals surface area contributed by atoms with Gasteiger partial charge in [0.15, 0.2) is 22.5 Å². The number of rotatable bonds is 7. The molecule has 0 radical (unpaired) electrons. The maximum atomic E-state index is 13.7. The van der Waals surface area contributed by atoms with Crippen LogP contribution in [-0.2, 0) is 6.61 Å². The van der Waals surface area contributed by atoms with Crippen LogP contribution in [0.4, 0.5) is 4.39 Å². The molecular formula is C18H15ClFN3OS. The number of hydrogen-bond donors (Lipinski definition) is 0. The molecule has 0 aliphatic rings. The van der Waals surface area contributed by atoms with E-state index >= 15 is 0 Å². The van der Waals surface area contributed by atoms with Crippen molar-refractivity contribution in [2.75, 3.05) is 5.75 Å². The normalized spacial score (nSPS) is 11.1. The van der Waals surface area contributed by atoms with Crippen LogP contribution in [0.1, 0.15) is 5.82 Å². The van der Waals surface area contributed by atoms with Gasteiger partial charge in [0.1, 0.15) is 6.61 Å². The second-order valence-electron chi connectivity index (χ2n) is 4.96. The molecule has 0 fully saturated rings. The summed E-state index contributed by atoms with van der Waals surface area (Å²) in [6.45, 7) is 0.106. The van der Waals surface area contributed by atoms with Crippen molar-refractivity contribution in [1.82, 2.24) is 14.8 Å². The Balaban J connectivity index is 1.87. The first-order valence-electron chi connectivity index (χ1n) is 7.54. The Morgan fingerprint density at radius 3 is 2.60 bits per heavy atom. The lowest BCUT2D eigenvalue weighted by Gasteiger charge is -2.11. The monoisotopic (exact) mass is 375 g/mol. The van der Waals surface area contributed by atoms with E-state index in [0.717, 1.165) is 5.69 Å². The van der Waals surface area contributed by atoms with Crippen LogP contribution in [0.25, 0.3) is 5.69 Å². The molecular weight excluding hydrogens is 361 g/mol. The Labute approximate surface area is 154 Å². The van der Waals surface area contributed by atoms with Gasteiger partial charge < -0.3 is 4.74 Å². The molecule has 1 heterocycles. The third kappa shape index (κ3) is 4.41. The maximum absolute atomic E-state index is 13.7. The highest BCUT2D eigenvalue weighted by molar-refractivity contribution is 7.99. The summed E-state index contributed by atoms with van der Waals surface area (Å²) in [6.07, 6.45) is 1.83. The maximum Gasteiger partial charge on any atom is 0.196 e. The Kier molecular flexibility index (Phi) is 6.09. The van der Waals surface area contributed by atoms with Gasteiger partial charge in [-0.15, -0.1) is 10.2 Å². The highest BCUT2D eigenvalue weighted by Crippen LogP contribution is 2.24. The van der Waals surface area contributed by atoms with Crippen LogP contribution in [0, 0.1) is 5.82 Å². The molecule has 0 unspecified atom stereocenters. The zero-order chi connectivity index (χ0) is 17.5. The number of thioether (sulfide) groups is 1. The Morgan fingerprint density at radius 1 is 1.08 bits per heavy atom. The van der Waals surface area contributed by atoms with Gasteiger partial charge in [0.05, 0.1) is 0 Å². The first-order chi connectivity index (χ1) is 12.3. The standard InChI is InChI=1S/C18H15ClFN3OS/c19-11-6-12-25-18-22-21-17(23(18)14-7-2-1-3-8-14)13-24-16-10-5-4-9-15(16)20/h1-11H,12-13H2/b11-6+. The predicted octanol–water partition coefficient (Wildman–Crippen LogP) is 4.83. The molecule has 0 saturated carbocycles. The summed E-state index contributed by atoms with van der Waals surface area (Å²) in [6, 6.07) is 16.0. The van der Waals surface area contributed by atoms with Gasteiger partial charge in [-0.05, 0) is 24.3 Å². The SMILES string of the molecule is Fc1ccccc1OCc1nnc(SC/C=C/Cl)n1-c1ccccc1. The topological polar surface area (TPSA) is 39.9 Å². The molecule has 0 atom stereocenters. The summed E-state index contributed by atoms with van der Waals surface area (Å²) in [5, 5.41) is 9.14. The highest BCUT2D eigenvalue weighted by atomic mass is 35.5. The van der Waals surface area contributed by atoms with E-state index in [2.05, 4.69) is 10.2 Å². The van der Waals surface area contributed by atoms with Crippen LogP contribution in [-0.4, -0.2) is 20.5 Å². The number of para-hydroxylation sites is 2. The minimum Gasteiger partial charge on any atom is -0.483 e. The van der Waals surface area contributed by atoms with Crippen LogP contribution < -0.4 is 4.74 Å². The molecule has 4 nitrogen and oxygen atoms in total. The number of benzene rings is 2. The second-order valence-corrected chi connectivity index (χ2v) is 6.20. The molecule has 0 amide bonds. The van der Waals surface area contributed by atoms with Crippen LogP contribution in [0.2, 0.25) is 0 Å². The van der Waals surface area contributed by atoms with E-state index in [9.17, 15) is 4.39 Å². The van der Waals surface area contributed by atoms with Crippen molar-refractivity contribution < 1.29 is 9.13 Å². The predicted molar refractivity (Wildman–Crippen MR) is 97.8 cm³/mol. The molecule has 7 heteroatoms. The van der Waals surface area contributed by atoms with E-state index in [1.54, 1.807) is 18.2 Å². The molecule has 3 aromatic rings. The number of halogens is 2. The van der Waals surface area contributed by atoms with Gasteiger partial charge in [0.25, 0.3) is 0 Å². The Morgan fingerprint density at radius 2 is 1.84 bits per heavy atom. The van der Waals surface area contributed by atoms with Gasteiger partial charge in [-0.25, -0.2) is 4.39 Å². The first-order valence-corrected chi connectivity index (χ1v) is 8.97. The van der Waals surface area contributed by atoms with Crippen LogP contribution in [0.15, 0.2) is 71.4 Å². The summed E-state index contributed by atoms with van der Waals surface area (Å²) in [7, 11) is 0. The number of nitrogens with zero attached hydrogens (tertiary/aromatic N) is 3. The molecule has 0 spiro atoms. The van der Waals surface area contributed by atoms with Crippen LogP contribution in [0.5, 0.6) is 5.75 Å². The molecule has 1 aromatic heterocycles. The molecule has 3 rings (SSSR count). The second kappa shape index (κ2) is 8.69. The van der Waals surface area contributed by atoms with Gasteiger partial charge in [-0.2, -0.15) is 0 Å². The molecule has 128 valence electrons. The fourth-order valence-corrected chi connectivity index (χ4v) is 3.16. The number of ether oxygens (including phenoxy) is 1. The van der Waals surface area contributed by atoms with E-state index in [-0.39, 0.29) is 12.4 Å². The minimum absolute atomic E-state index is 0.106. The lowest BCUT2D eigenvalue weighted by molar-refractivity contribution is 0.278.